The molecule has 0 bridgehead atoms. The summed E-state index contributed by atoms with van der Waals surface area (Å²) in [4.78, 5) is 3.01. The van der Waals surface area contributed by atoms with Crippen molar-refractivity contribution in [3.8, 4) is 0 Å². The van der Waals surface area contributed by atoms with E-state index in [1.54, 1.807) is 10.6 Å². The number of rotatable bonds is 3. The van der Waals surface area contributed by atoms with Crippen LogP contribution in [-0.2, 0) is 9.84 Å². The first-order valence-electron chi connectivity index (χ1n) is 5.36. The summed E-state index contributed by atoms with van der Waals surface area (Å²) < 4.78 is 25.0. The Morgan fingerprint density at radius 3 is 2.78 bits per heavy atom. The van der Waals surface area contributed by atoms with Gasteiger partial charge in [-0.1, -0.05) is 17.7 Å². The van der Waals surface area contributed by atoms with Crippen LogP contribution in [0.4, 0.5) is 0 Å². The van der Waals surface area contributed by atoms with E-state index in [0.29, 0.717) is 9.79 Å². The number of hydrogen-bond acceptors (Lipinski definition) is 3. The average molecular weight is 305 g/mol. The number of nitrogens with one attached hydrogen (secondary N) is 1. The number of H-pyrrole nitrogens is 1. The van der Waals surface area contributed by atoms with Gasteiger partial charge < -0.3 is 9.55 Å². The van der Waals surface area contributed by atoms with E-state index >= 15 is 0 Å². The average Bonchev–Trinajstić information content (AvgIpc) is 2.53. The second-order valence-corrected chi connectivity index (χ2v) is 7.35. The second kappa shape index (κ2) is 4.68. The van der Waals surface area contributed by atoms with Crippen molar-refractivity contribution in [1.29, 1.82) is 0 Å². The summed E-state index contributed by atoms with van der Waals surface area (Å²) in [7, 11) is -3.06. The molecule has 0 spiro atoms. The molecule has 98 valence electrons. The summed E-state index contributed by atoms with van der Waals surface area (Å²) in [6.45, 7) is 1.82. The van der Waals surface area contributed by atoms with Crippen molar-refractivity contribution in [1.82, 2.24) is 9.55 Å². The highest BCUT2D eigenvalue weighted by Gasteiger charge is 2.16. The highest BCUT2D eigenvalue weighted by molar-refractivity contribution is 7.90. The maximum absolute atomic E-state index is 11.4. The molecule has 0 aliphatic carbocycles. The van der Waals surface area contributed by atoms with Crippen LogP contribution in [0.2, 0.25) is 5.02 Å². The number of para-hydroxylation sites is 1. The molecule has 0 saturated heterocycles. The molecule has 0 aliphatic heterocycles. The summed E-state index contributed by atoms with van der Waals surface area (Å²) >= 11 is 11.3. The van der Waals surface area contributed by atoms with E-state index in [9.17, 15) is 8.42 Å². The van der Waals surface area contributed by atoms with E-state index < -0.39 is 9.84 Å². The molecule has 1 unspecified atom stereocenters. The first-order valence-corrected chi connectivity index (χ1v) is 8.21. The summed E-state index contributed by atoms with van der Waals surface area (Å²) in [5.74, 6) is 0.0424. The Morgan fingerprint density at radius 1 is 1.50 bits per heavy atom. The van der Waals surface area contributed by atoms with E-state index in [4.69, 9.17) is 23.8 Å². The van der Waals surface area contributed by atoms with Gasteiger partial charge in [-0.3, -0.25) is 0 Å². The van der Waals surface area contributed by atoms with Gasteiger partial charge >= 0.3 is 0 Å². The van der Waals surface area contributed by atoms with Gasteiger partial charge in [-0.15, -0.1) is 0 Å². The molecule has 2 aromatic rings. The van der Waals surface area contributed by atoms with E-state index in [1.807, 2.05) is 19.1 Å². The zero-order chi connectivity index (χ0) is 13.5. The van der Waals surface area contributed by atoms with Gasteiger partial charge in [0.15, 0.2) is 4.77 Å². The fourth-order valence-corrected chi connectivity index (χ4v) is 3.69. The molecule has 1 aromatic heterocycles. The first-order chi connectivity index (χ1) is 8.29. The maximum atomic E-state index is 11.4. The van der Waals surface area contributed by atoms with Gasteiger partial charge in [0.05, 0.1) is 21.8 Å². The number of fused-ring (bicyclic) bond motifs is 1. The molecular weight excluding hydrogens is 292 g/mol. The highest BCUT2D eigenvalue weighted by atomic mass is 35.5. The molecule has 7 heteroatoms. The molecule has 0 radical (unpaired) electrons. The predicted octanol–water partition coefficient (Wildman–Crippen LogP) is 2.96. The van der Waals surface area contributed by atoms with Crippen molar-refractivity contribution in [2.45, 2.75) is 13.0 Å². The maximum Gasteiger partial charge on any atom is 0.178 e. The molecule has 0 saturated carbocycles. The van der Waals surface area contributed by atoms with Crippen LogP contribution in [0.1, 0.15) is 13.0 Å². The van der Waals surface area contributed by atoms with E-state index in [-0.39, 0.29) is 11.8 Å². The zero-order valence-corrected chi connectivity index (χ0v) is 12.4. The SMILES string of the molecule is CC(CS(C)(=O)=O)n1c(=S)[nH]c2c(Cl)cccc21. The van der Waals surface area contributed by atoms with Crippen molar-refractivity contribution >= 4 is 44.7 Å². The third-order valence-corrected chi connectivity index (χ3v) is 4.39. The minimum atomic E-state index is -3.06. The number of imidazole rings is 1. The molecule has 0 fully saturated rings. The van der Waals surface area contributed by atoms with E-state index in [2.05, 4.69) is 4.98 Å². The third-order valence-electron chi connectivity index (χ3n) is 2.69. The lowest BCUT2D eigenvalue weighted by Crippen LogP contribution is -2.16. The number of halogens is 1. The van der Waals surface area contributed by atoms with Crippen molar-refractivity contribution in [3.63, 3.8) is 0 Å². The van der Waals surface area contributed by atoms with Crippen molar-refractivity contribution in [2.75, 3.05) is 12.0 Å². The Morgan fingerprint density at radius 2 is 2.17 bits per heavy atom. The molecule has 18 heavy (non-hydrogen) atoms. The van der Waals surface area contributed by atoms with Crippen LogP contribution >= 0.6 is 23.8 Å². The van der Waals surface area contributed by atoms with Crippen LogP contribution in [0.5, 0.6) is 0 Å². The Kier molecular flexibility index (Phi) is 3.53. The standard InChI is InChI=1S/C11H13ClN2O2S2/c1-7(6-18(2,15)16)14-9-5-3-4-8(12)10(9)13-11(14)17/h3-5,7H,6H2,1-2H3,(H,13,17). The molecule has 1 N–H and O–H groups in total. The third kappa shape index (κ3) is 2.60. The number of nitrogens with zero attached hydrogens (tertiary/aromatic N) is 1. The molecule has 0 amide bonds. The Labute approximate surface area is 115 Å². The lowest BCUT2D eigenvalue weighted by atomic mass is 10.3. The summed E-state index contributed by atoms with van der Waals surface area (Å²) in [6, 6.07) is 5.21. The molecule has 1 atom stereocenters. The highest BCUT2D eigenvalue weighted by Crippen LogP contribution is 2.25. The number of sulfone groups is 1. The molecule has 0 aliphatic rings. The topological polar surface area (TPSA) is 54.9 Å². The van der Waals surface area contributed by atoms with Gasteiger partial charge in [-0.05, 0) is 31.3 Å². The summed E-state index contributed by atoms with van der Waals surface area (Å²) in [5, 5.41) is 0.573. The van der Waals surface area contributed by atoms with Crippen LogP contribution in [0.15, 0.2) is 18.2 Å². The molecule has 2 rings (SSSR count). The van der Waals surface area contributed by atoms with Gasteiger partial charge in [0.25, 0.3) is 0 Å². The lowest BCUT2D eigenvalue weighted by Gasteiger charge is -2.13. The molecule has 1 heterocycles. The fraction of sp³-hybridized carbons (Fsp3) is 0.364. The Balaban J connectivity index is 2.61. The van der Waals surface area contributed by atoms with Gasteiger partial charge in [0.2, 0.25) is 0 Å². The summed E-state index contributed by atoms with van der Waals surface area (Å²) in [6.07, 6.45) is 1.22. The van der Waals surface area contributed by atoms with Crippen LogP contribution in [-0.4, -0.2) is 30.0 Å². The largest absolute Gasteiger partial charge is 0.329 e. The Bertz CT molecular complexity index is 746. The monoisotopic (exact) mass is 304 g/mol. The van der Waals surface area contributed by atoms with Crippen molar-refractivity contribution in [3.05, 3.63) is 28.0 Å². The smallest absolute Gasteiger partial charge is 0.178 e. The minimum absolute atomic E-state index is 0.0424. The van der Waals surface area contributed by atoms with Crippen LogP contribution < -0.4 is 0 Å². The number of hydrogen-bond donors (Lipinski definition) is 1. The lowest BCUT2D eigenvalue weighted by molar-refractivity contribution is 0.566. The van der Waals surface area contributed by atoms with Crippen LogP contribution in [0.25, 0.3) is 11.0 Å². The normalized spacial score (nSPS) is 13.9. The number of aromatic amines is 1. The van der Waals surface area contributed by atoms with Crippen molar-refractivity contribution < 1.29 is 8.42 Å². The van der Waals surface area contributed by atoms with Crippen LogP contribution in [0, 0.1) is 4.77 Å². The van der Waals surface area contributed by atoms with Gasteiger partial charge in [-0.2, -0.15) is 0 Å². The number of benzene rings is 1. The zero-order valence-electron chi connectivity index (χ0n) is 9.97. The van der Waals surface area contributed by atoms with Gasteiger partial charge in [-0.25, -0.2) is 8.42 Å². The van der Waals surface area contributed by atoms with Gasteiger partial charge in [0.1, 0.15) is 9.84 Å². The van der Waals surface area contributed by atoms with E-state index in [1.165, 1.54) is 6.26 Å². The Hall–Kier alpha value is -0.850. The minimum Gasteiger partial charge on any atom is -0.329 e. The second-order valence-electron chi connectivity index (χ2n) is 4.38. The molecule has 1 aromatic carbocycles. The van der Waals surface area contributed by atoms with E-state index in [0.717, 1.165) is 11.0 Å². The molecular formula is C11H13ClN2O2S2. The number of aromatic nitrogens is 2. The summed E-state index contributed by atoms with van der Waals surface area (Å²) in [5.41, 5.74) is 1.56. The quantitative estimate of drug-likeness (QED) is 0.887. The predicted molar refractivity (Wildman–Crippen MR) is 76.6 cm³/mol. The fourth-order valence-electron chi connectivity index (χ4n) is 2.06. The first kappa shape index (κ1) is 13.6. The van der Waals surface area contributed by atoms with Gasteiger partial charge in [0, 0.05) is 12.3 Å². The molecule has 4 nitrogen and oxygen atoms in total. The van der Waals surface area contributed by atoms with Crippen molar-refractivity contribution in [2.24, 2.45) is 0 Å². The van der Waals surface area contributed by atoms with Crippen LogP contribution in [0.3, 0.4) is 0 Å².